The number of carbonyl (C=O) groups is 2. The lowest BCUT2D eigenvalue weighted by molar-refractivity contribution is -0.132. The molecule has 0 aromatic heterocycles. The molecule has 1 atom stereocenters. The summed E-state index contributed by atoms with van der Waals surface area (Å²) in [5.74, 6) is -0.891. The lowest BCUT2D eigenvalue weighted by Gasteiger charge is -2.03. The Labute approximate surface area is 63.9 Å². The summed E-state index contributed by atoms with van der Waals surface area (Å²) in [6.45, 7) is 1.43. The summed E-state index contributed by atoms with van der Waals surface area (Å²) in [6, 6.07) is 0. The Bertz CT molecular complexity index is 221. The second-order valence-electron chi connectivity index (χ2n) is 1.78. The van der Waals surface area contributed by atoms with E-state index in [4.69, 9.17) is 4.89 Å². The van der Waals surface area contributed by atoms with E-state index in [2.05, 4.69) is 4.52 Å². The van der Waals surface area contributed by atoms with Gasteiger partial charge in [0.05, 0.1) is 0 Å². The molecule has 0 aliphatic heterocycles. The van der Waals surface area contributed by atoms with Crippen molar-refractivity contribution in [2.45, 2.75) is 13.3 Å². The van der Waals surface area contributed by atoms with Crippen LogP contribution in [-0.4, -0.2) is 23.3 Å². The normalized spacial score (nSPS) is 15.5. The van der Waals surface area contributed by atoms with Gasteiger partial charge in [-0.15, -0.1) is 0 Å². The molecule has 0 amide bonds. The maximum absolute atomic E-state index is 10.6. The third-order valence-corrected chi connectivity index (χ3v) is 2.32. The molecule has 6 heteroatoms. The summed E-state index contributed by atoms with van der Waals surface area (Å²) in [6.07, 6.45) is -0.0905. The molecule has 1 unspecified atom stereocenters. The van der Waals surface area contributed by atoms with Gasteiger partial charge in [0.2, 0.25) is 5.78 Å². The Morgan fingerprint density at radius 1 is 1.55 bits per heavy atom. The molecule has 0 bridgehead atoms. The lowest BCUT2D eigenvalue weighted by Crippen LogP contribution is -2.13. The van der Waals surface area contributed by atoms with Crippen LogP contribution in [0.25, 0.3) is 0 Å². The molecule has 0 rings (SSSR count). The quantitative estimate of drug-likeness (QED) is 0.497. The van der Waals surface area contributed by atoms with Crippen LogP contribution in [0.15, 0.2) is 0 Å². The van der Waals surface area contributed by atoms with Gasteiger partial charge in [0.25, 0.3) is 0 Å². The Morgan fingerprint density at radius 2 is 2.00 bits per heavy atom. The summed E-state index contributed by atoms with van der Waals surface area (Å²) in [7, 11) is -3.42. The van der Waals surface area contributed by atoms with Crippen LogP contribution >= 0.6 is 7.60 Å². The highest BCUT2D eigenvalue weighted by Crippen LogP contribution is 2.41. The molecule has 0 saturated heterocycles. The molecule has 0 heterocycles. The highest BCUT2D eigenvalue weighted by molar-refractivity contribution is 7.74. The molecular weight excluding hydrogens is 171 g/mol. The summed E-state index contributed by atoms with van der Waals surface area (Å²) >= 11 is 0. The SMILES string of the molecule is CCC(=O)C(=O)P(=O)(O)OC. The smallest absolute Gasteiger partial charge is 0.319 e. The van der Waals surface area contributed by atoms with Crippen LogP contribution in [0.3, 0.4) is 0 Å². The van der Waals surface area contributed by atoms with Gasteiger partial charge in [-0.05, 0) is 0 Å². The van der Waals surface area contributed by atoms with E-state index in [9.17, 15) is 14.2 Å². The standard InChI is InChI=1S/C5H9O5P/c1-3-4(6)5(7)11(8,9)10-2/h3H2,1-2H3,(H,8,9). The van der Waals surface area contributed by atoms with Gasteiger partial charge < -0.3 is 9.42 Å². The molecule has 0 aliphatic carbocycles. The van der Waals surface area contributed by atoms with Crippen LogP contribution in [-0.2, 0) is 18.7 Å². The van der Waals surface area contributed by atoms with E-state index in [1.54, 1.807) is 0 Å². The number of hydrogen-bond donors (Lipinski definition) is 1. The van der Waals surface area contributed by atoms with E-state index in [-0.39, 0.29) is 6.42 Å². The lowest BCUT2D eigenvalue weighted by atomic mass is 10.3. The van der Waals surface area contributed by atoms with Crippen LogP contribution in [0.2, 0.25) is 0 Å². The average Bonchev–Trinajstić information content (AvgIpc) is 2.01. The van der Waals surface area contributed by atoms with Crippen LogP contribution in [0, 0.1) is 0 Å². The molecule has 1 N–H and O–H groups in total. The maximum Gasteiger partial charge on any atom is 0.401 e. The minimum absolute atomic E-state index is 0.0905. The monoisotopic (exact) mass is 180 g/mol. The molecule has 0 aliphatic rings. The minimum atomic E-state index is -4.33. The first-order valence-corrected chi connectivity index (χ1v) is 4.49. The fraction of sp³-hybridized carbons (Fsp3) is 0.600. The molecular formula is C5H9O5P. The first kappa shape index (κ1) is 10.5. The fourth-order valence-electron chi connectivity index (χ4n) is 0.392. The van der Waals surface area contributed by atoms with Crippen molar-refractivity contribution in [1.29, 1.82) is 0 Å². The first-order valence-electron chi connectivity index (χ1n) is 2.92. The van der Waals surface area contributed by atoms with Crippen molar-refractivity contribution in [3.63, 3.8) is 0 Å². The molecule has 0 aromatic rings. The van der Waals surface area contributed by atoms with Crippen molar-refractivity contribution in [1.82, 2.24) is 0 Å². The number of rotatable bonds is 4. The van der Waals surface area contributed by atoms with Crippen molar-refractivity contribution in [2.75, 3.05) is 7.11 Å². The molecule has 0 saturated carbocycles. The third kappa shape index (κ3) is 2.54. The number of Topliss-reactive ketones (excluding diaryl/α,β-unsaturated/α-hetero) is 1. The molecule has 64 valence electrons. The zero-order valence-corrected chi connectivity index (χ0v) is 7.13. The van der Waals surface area contributed by atoms with Gasteiger partial charge in [0.1, 0.15) is 0 Å². The molecule has 0 radical (unpaired) electrons. The van der Waals surface area contributed by atoms with Crippen LogP contribution in [0.4, 0.5) is 0 Å². The Hall–Kier alpha value is -0.510. The predicted molar refractivity (Wildman–Crippen MR) is 37.1 cm³/mol. The van der Waals surface area contributed by atoms with E-state index < -0.39 is 18.9 Å². The average molecular weight is 180 g/mol. The number of ketones is 1. The predicted octanol–water partition coefficient (Wildman–Crippen LogP) is 0.324. The second kappa shape index (κ2) is 3.76. The van der Waals surface area contributed by atoms with Gasteiger partial charge in [0.15, 0.2) is 0 Å². The summed E-state index contributed by atoms with van der Waals surface area (Å²) in [5.41, 5.74) is -1.34. The number of carbonyl (C=O) groups excluding carboxylic acids is 2. The molecule has 5 nitrogen and oxygen atoms in total. The van der Waals surface area contributed by atoms with E-state index in [1.807, 2.05) is 0 Å². The van der Waals surface area contributed by atoms with E-state index >= 15 is 0 Å². The minimum Gasteiger partial charge on any atom is -0.319 e. The van der Waals surface area contributed by atoms with Crippen LogP contribution in [0.1, 0.15) is 13.3 Å². The van der Waals surface area contributed by atoms with Gasteiger partial charge in [-0.1, -0.05) is 6.92 Å². The van der Waals surface area contributed by atoms with Gasteiger partial charge in [0, 0.05) is 13.5 Å². The maximum atomic E-state index is 10.6. The van der Waals surface area contributed by atoms with Crippen LogP contribution < -0.4 is 0 Å². The summed E-state index contributed by atoms with van der Waals surface area (Å²) < 4.78 is 14.6. The van der Waals surface area contributed by atoms with Gasteiger partial charge >= 0.3 is 13.1 Å². The first-order chi connectivity index (χ1) is 4.95. The molecule has 11 heavy (non-hydrogen) atoms. The summed E-state index contributed by atoms with van der Waals surface area (Å²) in [4.78, 5) is 29.9. The van der Waals surface area contributed by atoms with Crippen molar-refractivity contribution in [3.05, 3.63) is 0 Å². The third-order valence-electron chi connectivity index (χ3n) is 1.06. The largest absolute Gasteiger partial charge is 0.401 e. The summed E-state index contributed by atoms with van der Waals surface area (Å²) in [5, 5.41) is 0. The molecule has 0 fully saturated rings. The van der Waals surface area contributed by atoms with Crippen molar-refractivity contribution in [2.24, 2.45) is 0 Å². The van der Waals surface area contributed by atoms with Gasteiger partial charge in [-0.3, -0.25) is 14.2 Å². The fourth-order valence-corrected chi connectivity index (χ4v) is 1.03. The van der Waals surface area contributed by atoms with E-state index in [0.717, 1.165) is 7.11 Å². The van der Waals surface area contributed by atoms with Gasteiger partial charge in [-0.25, -0.2) is 0 Å². The topological polar surface area (TPSA) is 80.7 Å². The van der Waals surface area contributed by atoms with Crippen molar-refractivity contribution >= 4 is 18.9 Å². The van der Waals surface area contributed by atoms with Crippen molar-refractivity contribution < 1.29 is 23.6 Å². The Kier molecular flexibility index (Phi) is 3.58. The van der Waals surface area contributed by atoms with Crippen LogP contribution in [0.5, 0.6) is 0 Å². The van der Waals surface area contributed by atoms with Crippen molar-refractivity contribution in [3.8, 4) is 0 Å². The molecule has 0 spiro atoms. The van der Waals surface area contributed by atoms with Gasteiger partial charge in [-0.2, -0.15) is 0 Å². The molecule has 0 aromatic carbocycles. The van der Waals surface area contributed by atoms with E-state index in [0.29, 0.717) is 0 Å². The Morgan fingerprint density at radius 3 is 2.27 bits per heavy atom. The zero-order valence-electron chi connectivity index (χ0n) is 6.23. The highest BCUT2D eigenvalue weighted by atomic mass is 31.2. The zero-order chi connectivity index (χ0) is 9.07. The van der Waals surface area contributed by atoms with E-state index in [1.165, 1.54) is 6.92 Å². The second-order valence-corrected chi connectivity index (χ2v) is 3.60. The Balaban J connectivity index is 4.50. The number of hydrogen-bond acceptors (Lipinski definition) is 4. The highest BCUT2D eigenvalue weighted by Gasteiger charge is 2.33.